The van der Waals surface area contributed by atoms with Crippen molar-refractivity contribution in [3.05, 3.63) is 70.4 Å². The van der Waals surface area contributed by atoms with Crippen molar-refractivity contribution in [3.8, 4) is 5.69 Å². The molecule has 5 rings (SSSR count). The fourth-order valence-corrected chi connectivity index (χ4v) is 5.84. The van der Waals surface area contributed by atoms with E-state index >= 15 is 0 Å². The highest BCUT2D eigenvalue weighted by atomic mass is 35.5. The number of aryl methyl sites for hydroxylation is 1. The van der Waals surface area contributed by atoms with E-state index in [1.807, 2.05) is 31.2 Å². The zero-order valence-electron chi connectivity index (χ0n) is 17.8. The normalized spacial score (nSPS) is 19.0. The minimum atomic E-state index is -3.30. The number of nitrogens with one attached hydrogen (secondary N) is 1. The van der Waals surface area contributed by atoms with Gasteiger partial charge in [0.05, 0.1) is 28.8 Å². The summed E-state index contributed by atoms with van der Waals surface area (Å²) in [5, 5.41) is 7.93. The Bertz CT molecular complexity index is 1360. The molecular weight excluding hydrogens is 464 g/mol. The van der Waals surface area contributed by atoms with Crippen LogP contribution in [-0.4, -0.2) is 36.6 Å². The van der Waals surface area contributed by atoms with Gasteiger partial charge in [-0.2, -0.15) is 5.10 Å². The molecule has 1 unspecified atom stereocenters. The molecule has 8 nitrogen and oxygen atoms in total. The first-order valence-electron chi connectivity index (χ1n) is 10.5. The minimum absolute atomic E-state index is 0.0631. The minimum Gasteiger partial charge on any atom is -0.312 e. The summed E-state index contributed by atoms with van der Waals surface area (Å²) in [5.74, 6) is -1.07. The third kappa shape index (κ3) is 4.14. The van der Waals surface area contributed by atoms with Gasteiger partial charge in [0.2, 0.25) is 11.8 Å². The van der Waals surface area contributed by atoms with Crippen molar-refractivity contribution < 1.29 is 18.0 Å². The lowest BCUT2D eigenvalue weighted by Crippen LogP contribution is -2.29. The van der Waals surface area contributed by atoms with Gasteiger partial charge in [0.1, 0.15) is 5.82 Å². The van der Waals surface area contributed by atoms with Crippen LogP contribution in [-0.2, 0) is 30.9 Å². The average Bonchev–Trinajstić information content (AvgIpc) is 3.40. The van der Waals surface area contributed by atoms with Crippen LogP contribution < -0.4 is 10.2 Å². The Morgan fingerprint density at radius 3 is 2.42 bits per heavy atom. The molecule has 1 fully saturated rings. The molecular formula is C23H21ClN4O4S. The molecule has 10 heteroatoms. The van der Waals surface area contributed by atoms with Crippen molar-refractivity contribution in [2.75, 3.05) is 16.8 Å². The zero-order chi connectivity index (χ0) is 23.3. The van der Waals surface area contributed by atoms with Crippen molar-refractivity contribution in [1.82, 2.24) is 9.78 Å². The van der Waals surface area contributed by atoms with Crippen LogP contribution in [0.3, 0.4) is 0 Å². The van der Waals surface area contributed by atoms with E-state index in [4.69, 9.17) is 11.6 Å². The number of halogens is 1. The van der Waals surface area contributed by atoms with Gasteiger partial charge in [-0.3, -0.25) is 9.59 Å². The lowest BCUT2D eigenvalue weighted by Gasteiger charge is -2.17. The first kappa shape index (κ1) is 21.7. The predicted molar refractivity (Wildman–Crippen MR) is 125 cm³/mol. The van der Waals surface area contributed by atoms with Crippen LogP contribution in [0.25, 0.3) is 5.69 Å². The van der Waals surface area contributed by atoms with Gasteiger partial charge < -0.3 is 10.2 Å². The van der Waals surface area contributed by atoms with E-state index in [0.717, 1.165) is 5.56 Å². The van der Waals surface area contributed by atoms with E-state index in [0.29, 0.717) is 33.5 Å². The number of aromatic nitrogens is 2. The maximum atomic E-state index is 13.2. The summed E-state index contributed by atoms with van der Waals surface area (Å²) in [6, 6.07) is 14.4. The van der Waals surface area contributed by atoms with Crippen molar-refractivity contribution in [2.45, 2.75) is 24.9 Å². The van der Waals surface area contributed by atoms with Crippen molar-refractivity contribution in [1.29, 1.82) is 0 Å². The van der Waals surface area contributed by atoms with E-state index < -0.39 is 15.8 Å². The molecule has 1 saturated heterocycles. The summed E-state index contributed by atoms with van der Waals surface area (Å²) in [6.45, 7) is 2.19. The molecule has 33 heavy (non-hydrogen) atoms. The molecule has 0 bridgehead atoms. The second-order valence-corrected chi connectivity index (χ2v) is 10.9. The lowest BCUT2D eigenvalue weighted by molar-refractivity contribution is -0.122. The fourth-order valence-electron chi connectivity index (χ4n) is 4.22. The number of anilines is 2. The Labute approximate surface area is 196 Å². The number of benzene rings is 2. The number of amides is 2. The third-order valence-electron chi connectivity index (χ3n) is 5.94. The SMILES string of the molecule is Cc1ccc(-n2nc3c(c2NC(=O)C2CC(=O)N(c4ccc(Cl)cc4)C2)CS(=O)(=O)C3)cc1. The van der Waals surface area contributed by atoms with Crippen LogP contribution in [0, 0.1) is 12.8 Å². The largest absolute Gasteiger partial charge is 0.312 e. The van der Waals surface area contributed by atoms with E-state index in [1.165, 1.54) is 0 Å². The summed E-state index contributed by atoms with van der Waals surface area (Å²) in [6.07, 6.45) is 0.0631. The Morgan fingerprint density at radius 2 is 1.73 bits per heavy atom. The van der Waals surface area contributed by atoms with Gasteiger partial charge in [0.25, 0.3) is 0 Å². The standard InChI is InChI=1S/C23H21ClN4O4S/c1-14-2-6-18(7-3-14)28-22(19-12-33(31,32)13-20(19)26-28)25-23(30)15-10-21(29)27(11-15)17-8-4-16(24)5-9-17/h2-9,15H,10-13H2,1H3,(H,25,30). The molecule has 1 aromatic heterocycles. The van der Waals surface area contributed by atoms with Crippen LogP contribution in [0.15, 0.2) is 48.5 Å². The van der Waals surface area contributed by atoms with Crippen LogP contribution in [0.2, 0.25) is 5.02 Å². The first-order valence-corrected chi connectivity index (χ1v) is 12.7. The van der Waals surface area contributed by atoms with E-state index in [2.05, 4.69) is 10.4 Å². The summed E-state index contributed by atoms with van der Waals surface area (Å²) < 4.78 is 25.9. The number of rotatable bonds is 4. The van der Waals surface area contributed by atoms with Gasteiger partial charge in [-0.15, -0.1) is 0 Å². The summed E-state index contributed by atoms with van der Waals surface area (Å²) in [4.78, 5) is 27.3. The Kier molecular flexibility index (Phi) is 5.25. The van der Waals surface area contributed by atoms with E-state index in [-0.39, 0.29) is 36.3 Å². The monoisotopic (exact) mass is 484 g/mol. The van der Waals surface area contributed by atoms with E-state index in [1.54, 1.807) is 33.8 Å². The van der Waals surface area contributed by atoms with Gasteiger partial charge in [0.15, 0.2) is 9.84 Å². The topological polar surface area (TPSA) is 101 Å². The van der Waals surface area contributed by atoms with Crippen LogP contribution in [0.5, 0.6) is 0 Å². The fraction of sp³-hybridized carbons (Fsp3) is 0.261. The number of sulfone groups is 1. The molecule has 1 N–H and O–H groups in total. The second-order valence-electron chi connectivity index (χ2n) is 8.42. The number of hydrogen-bond donors (Lipinski definition) is 1. The first-order chi connectivity index (χ1) is 15.7. The van der Waals surface area contributed by atoms with Crippen LogP contribution in [0.1, 0.15) is 23.2 Å². The quantitative estimate of drug-likeness (QED) is 0.612. The summed E-state index contributed by atoms with van der Waals surface area (Å²) in [7, 11) is -3.30. The Morgan fingerprint density at radius 1 is 1.06 bits per heavy atom. The van der Waals surface area contributed by atoms with Gasteiger partial charge >= 0.3 is 0 Å². The second kappa shape index (κ2) is 8.00. The van der Waals surface area contributed by atoms with Crippen molar-refractivity contribution in [2.24, 2.45) is 5.92 Å². The molecule has 0 aliphatic carbocycles. The molecule has 0 spiro atoms. The van der Waals surface area contributed by atoms with Gasteiger partial charge in [-0.25, -0.2) is 13.1 Å². The van der Waals surface area contributed by atoms with Crippen molar-refractivity contribution in [3.63, 3.8) is 0 Å². The molecule has 2 aromatic carbocycles. The predicted octanol–water partition coefficient (Wildman–Crippen LogP) is 3.25. The highest BCUT2D eigenvalue weighted by Gasteiger charge is 2.38. The molecule has 170 valence electrons. The number of carbonyl (C=O) groups is 2. The third-order valence-corrected chi connectivity index (χ3v) is 7.64. The molecule has 2 aliphatic rings. The maximum Gasteiger partial charge on any atom is 0.230 e. The number of carbonyl (C=O) groups excluding carboxylic acids is 2. The highest BCUT2D eigenvalue weighted by Crippen LogP contribution is 2.34. The Balaban J connectivity index is 1.43. The van der Waals surface area contributed by atoms with Crippen molar-refractivity contribution >= 4 is 44.8 Å². The van der Waals surface area contributed by atoms with Gasteiger partial charge in [-0.05, 0) is 43.3 Å². The molecule has 3 heterocycles. The molecule has 2 amide bonds. The smallest absolute Gasteiger partial charge is 0.230 e. The molecule has 0 saturated carbocycles. The summed E-state index contributed by atoms with van der Waals surface area (Å²) in [5.41, 5.74) is 3.40. The number of fused-ring (bicyclic) bond motifs is 1. The van der Waals surface area contributed by atoms with Gasteiger partial charge in [-0.1, -0.05) is 29.3 Å². The van der Waals surface area contributed by atoms with Crippen LogP contribution in [0.4, 0.5) is 11.5 Å². The number of nitrogens with zero attached hydrogens (tertiary/aromatic N) is 3. The average molecular weight is 485 g/mol. The van der Waals surface area contributed by atoms with Gasteiger partial charge in [0, 0.05) is 29.2 Å². The summed E-state index contributed by atoms with van der Waals surface area (Å²) >= 11 is 5.94. The molecule has 1 atom stereocenters. The highest BCUT2D eigenvalue weighted by molar-refractivity contribution is 7.90. The lowest BCUT2D eigenvalue weighted by atomic mass is 10.1. The zero-order valence-corrected chi connectivity index (χ0v) is 19.4. The molecule has 0 radical (unpaired) electrons. The van der Waals surface area contributed by atoms with E-state index in [9.17, 15) is 18.0 Å². The van der Waals surface area contributed by atoms with Crippen LogP contribution >= 0.6 is 11.6 Å². The molecule has 2 aliphatic heterocycles. The molecule has 3 aromatic rings. The maximum absolute atomic E-state index is 13.2. The number of hydrogen-bond acceptors (Lipinski definition) is 5. The Hall–Kier alpha value is -3.17.